The standard InChI is InChI=1S/C27H23ClN4O4S/c1-3-36-18-11-9-17(10-12-18)32-26(34)25-24(19-6-4-5-7-20(19)30-25)31-27(32)37-15-23(33)29-21-14-16(28)8-13-22(21)35-2/h4-14,30H,3,15H2,1-2H3,(H,29,33). The zero-order chi connectivity index (χ0) is 25.9. The molecule has 188 valence electrons. The molecule has 0 saturated heterocycles. The van der Waals surface area contributed by atoms with Crippen molar-refractivity contribution >= 4 is 56.9 Å². The molecule has 0 atom stereocenters. The molecule has 8 nitrogen and oxygen atoms in total. The summed E-state index contributed by atoms with van der Waals surface area (Å²) in [6, 6.07) is 19.8. The Balaban J connectivity index is 1.53. The molecule has 2 aromatic heterocycles. The van der Waals surface area contributed by atoms with Crippen molar-refractivity contribution in [2.75, 3.05) is 24.8 Å². The van der Waals surface area contributed by atoms with E-state index < -0.39 is 0 Å². The number of rotatable bonds is 8. The minimum atomic E-state index is -0.294. The number of carbonyl (C=O) groups excluding carboxylic acids is 1. The number of carbonyl (C=O) groups is 1. The molecule has 0 aliphatic carbocycles. The van der Waals surface area contributed by atoms with Crippen molar-refractivity contribution in [2.45, 2.75) is 12.1 Å². The maximum absolute atomic E-state index is 13.7. The summed E-state index contributed by atoms with van der Waals surface area (Å²) in [4.78, 5) is 34.6. The second-order valence-electron chi connectivity index (χ2n) is 8.04. The lowest BCUT2D eigenvalue weighted by Gasteiger charge is -2.14. The van der Waals surface area contributed by atoms with Crippen molar-refractivity contribution in [1.29, 1.82) is 0 Å². The summed E-state index contributed by atoms with van der Waals surface area (Å²) in [5.74, 6) is 0.903. The van der Waals surface area contributed by atoms with Crippen LogP contribution in [0.2, 0.25) is 5.02 Å². The maximum atomic E-state index is 13.7. The highest BCUT2D eigenvalue weighted by Crippen LogP contribution is 2.29. The van der Waals surface area contributed by atoms with Crippen molar-refractivity contribution in [1.82, 2.24) is 14.5 Å². The average molecular weight is 535 g/mol. The Morgan fingerprint density at radius 1 is 1.14 bits per heavy atom. The molecular formula is C27H23ClN4O4S. The topological polar surface area (TPSA) is 98.2 Å². The summed E-state index contributed by atoms with van der Waals surface area (Å²) >= 11 is 7.25. The number of H-pyrrole nitrogens is 1. The van der Waals surface area contributed by atoms with E-state index in [1.807, 2.05) is 31.2 Å². The van der Waals surface area contributed by atoms with Crippen LogP contribution in [0.1, 0.15) is 6.92 Å². The first-order chi connectivity index (χ1) is 18.0. The third-order valence-electron chi connectivity index (χ3n) is 5.67. The van der Waals surface area contributed by atoms with Gasteiger partial charge in [0.05, 0.1) is 30.8 Å². The predicted molar refractivity (Wildman–Crippen MR) is 148 cm³/mol. The molecule has 0 aliphatic rings. The molecule has 3 aromatic carbocycles. The maximum Gasteiger partial charge on any atom is 0.283 e. The van der Waals surface area contributed by atoms with E-state index in [1.54, 1.807) is 42.5 Å². The van der Waals surface area contributed by atoms with Crippen LogP contribution in [0.25, 0.3) is 27.6 Å². The van der Waals surface area contributed by atoms with Gasteiger partial charge in [0.1, 0.15) is 22.5 Å². The van der Waals surface area contributed by atoms with Crippen LogP contribution in [0.15, 0.2) is 76.7 Å². The molecule has 0 unspecified atom stereocenters. The van der Waals surface area contributed by atoms with Gasteiger partial charge in [-0.3, -0.25) is 14.2 Å². The summed E-state index contributed by atoms with van der Waals surface area (Å²) in [6.45, 7) is 2.44. The van der Waals surface area contributed by atoms with Gasteiger partial charge in [-0.05, 0) is 55.5 Å². The second kappa shape index (κ2) is 10.6. The van der Waals surface area contributed by atoms with Gasteiger partial charge in [-0.25, -0.2) is 4.98 Å². The van der Waals surface area contributed by atoms with Crippen molar-refractivity contribution in [3.63, 3.8) is 0 Å². The van der Waals surface area contributed by atoms with Crippen molar-refractivity contribution in [3.8, 4) is 17.2 Å². The molecule has 1 amide bonds. The molecular weight excluding hydrogens is 512 g/mol. The van der Waals surface area contributed by atoms with Gasteiger partial charge in [-0.1, -0.05) is 41.6 Å². The number of benzene rings is 3. The van der Waals surface area contributed by atoms with E-state index in [2.05, 4.69) is 10.3 Å². The zero-order valence-corrected chi connectivity index (χ0v) is 21.7. The average Bonchev–Trinajstić information content (AvgIpc) is 3.28. The third-order valence-corrected chi connectivity index (χ3v) is 6.84. The van der Waals surface area contributed by atoms with Crippen LogP contribution in [0.3, 0.4) is 0 Å². The third kappa shape index (κ3) is 5.00. The van der Waals surface area contributed by atoms with Gasteiger partial charge >= 0.3 is 0 Å². The zero-order valence-electron chi connectivity index (χ0n) is 20.1. The van der Waals surface area contributed by atoms with Crippen LogP contribution in [0.4, 0.5) is 5.69 Å². The van der Waals surface area contributed by atoms with Crippen molar-refractivity contribution in [3.05, 3.63) is 82.1 Å². The largest absolute Gasteiger partial charge is 0.495 e. The van der Waals surface area contributed by atoms with Crippen LogP contribution >= 0.6 is 23.4 Å². The number of para-hydroxylation sites is 1. The van der Waals surface area contributed by atoms with Crippen LogP contribution in [0, 0.1) is 0 Å². The fourth-order valence-corrected chi connectivity index (χ4v) is 5.00. The molecule has 0 bridgehead atoms. The number of thioether (sulfide) groups is 1. The first-order valence-electron chi connectivity index (χ1n) is 11.5. The van der Waals surface area contributed by atoms with Gasteiger partial charge in [-0.2, -0.15) is 0 Å². The van der Waals surface area contributed by atoms with Crippen LogP contribution in [-0.4, -0.2) is 39.9 Å². The fourth-order valence-electron chi connectivity index (χ4n) is 4.02. The Bertz CT molecular complexity index is 1660. The number of hydrogen-bond acceptors (Lipinski definition) is 6. The van der Waals surface area contributed by atoms with E-state index in [-0.39, 0.29) is 17.2 Å². The van der Waals surface area contributed by atoms with Gasteiger partial charge in [0.15, 0.2) is 5.16 Å². The summed E-state index contributed by atoms with van der Waals surface area (Å²) < 4.78 is 12.4. The smallest absolute Gasteiger partial charge is 0.283 e. The normalized spacial score (nSPS) is 11.1. The Kier molecular flexibility index (Phi) is 7.07. The lowest BCUT2D eigenvalue weighted by molar-refractivity contribution is -0.113. The summed E-state index contributed by atoms with van der Waals surface area (Å²) in [5, 5.41) is 4.52. The summed E-state index contributed by atoms with van der Waals surface area (Å²) in [6.07, 6.45) is 0. The number of fused-ring (bicyclic) bond motifs is 3. The number of ether oxygens (including phenoxy) is 2. The lowest BCUT2D eigenvalue weighted by Crippen LogP contribution is -2.23. The molecule has 5 rings (SSSR count). The summed E-state index contributed by atoms with van der Waals surface area (Å²) in [7, 11) is 1.52. The molecule has 10 heteroatoms. The lowest BCUT2D eigenvalue weighted by atomic mass is 10.2. The van der Waals surface area contributed by atoms with Crippen LogP contribution < -0.4 is 20.3 Å². The highest BCUT2D eigenvalue weighted by atomic mass is 35.5. The molecule has 0 spiro atoms. The molecule has 37 heavy (non-hydrogen) atoms. The molecule has 2 N–H and O–H groups in total. The predicted octanol–water partition coefficient (Wildman–Crippen LogP) is 5.66. The first kappa shape index (κ1) is 24.7. The number of anilines is 1. The van der Waals surface area contributed by atoms with Crippen molar-refractivity contribution in [2.24, 2.45) is 0 Å². The highest BCUT2D eigenvalue weighted by Gasteiger charge is 2.19. The number of aromatic nitrogens is 3. The minimum Gasteiger partial charge on any atom is -0.495 e. The monoisotopic (exact) mass is 534 g/mol. The van der Waals surface area contributed by atoms with E-state index in [4.69, 9.17) is 26.1 Å². The Labute approximate surface area is 221 Å². The Hall–Kier alpha value is -3.95. The highest BCUT2D eigenvalue weighted by molar-refractivity contribution is 7.99. The SMILES string of the molecule is CCOc1ccc(-n2c(SCC(=O)Nc3cc(Cl)ccc3OC)nc3c([nH]c4ccccc43)c2=O)cc1. The van der Waals surface area contributed by atoms with E-state index >= 15 is 0 Å². The minimum absolute atomic E-state index is 0.00694. The number of halogens is 1. The first-order valence-corrected chi connectivity index (χ1v) is 12.9. The van der Waals surface area contributed by atoms with E-state index in [0.29, 0.717) is 50.7 Å². The number of nitrogens with zero attached hydrogens (tertiary/aromatic N) is 2. The number of nitrogens with one attached hydrogen (secondary N) is 2. The second-order valence-corrected chi connectivity index (χ2v) is 9.42. The van der Waals surface area contributed by atoms with Crippen LogP contribution in [0.5, 0.6) is 11.5 Å². The molecule has 2 heterocycles. The van der Waals surface area contributed by atoms with E-state index in [1.165, 1.54) is 11.7 Å². The van der Waals surface area contributed by atoms with Gasteiger partial charge in [-0.15, -0.1) is 0 Å². The molecule has 0 aliphatic heterocycles. The van der Waals surface area contributed by atoms with Crippen molar-refractivity contribution < 1.29 is 14.3 Å². The molecule has 0 radical (unpaired) electrons. The number of methoxy groups -OCH3 is 1. The van der Waals surface area contributed by atoms with Gasteiger partial charge in [0.2, 0.25) is 5.91 Å². The van der Waals surface area contributed by atoms with E-state index in [9.17, 15) is 9.59 Å². The van der Waals surface area contributed by atoms with Gasteiger partial charge < -0.3 is 19.8 Å². The Morgan fingerprint density at radius 2 is 1.92 bits per heavy atom. The van der Waals surface area contributed by atoms with Gasteiger partial charge in [0, 0.05) is 15.9 Å². The number of hydrogen-bond donors (Lipinski definition) is 2. The van der Waals surface area contributed by atoms with Gasteiger partial charge in [0.25, 0.3) is 5.56 Å². The fraction of sp³-hybridized carbons (Fsp3) is 0.148. The van der Waals surface area contributed by atoms with Crippen LogP contribution in [-0.2, 0) is 4.79 Å². The number of amides is 1. The van der Waals surface area contributed by atoms with E-state index in [0.717, 1.165) is 22.7 Å². The number of aromatic amines is 1. The molecule has 5 aromatic rings. The molecule has 0 fully saturated rings. The summed E-state index contributed by atoms with van der Waals surface area (Å²) in [5.41, 5.74) is 2.58. The molecule has 0 saturated carbocycles. The quantitative estimate of drug-likeness (QED) is 0.197. The Morgan fingerprint density at radius 3 is 2.68 bits per heavy atom.